The number of rotatable bonds is 10. The number of likely N-dealkylation sites (N-methyl/N-ethyl adjacent to an activating group) is 1. The molecule has 0 heterocycles. The lowest BCUT2D eigenvalue weighted by atomic mass is 9.77. The van der Waals surface area contributed by atoms with Crippen LogP contribution in [0.25, 0.3) is 0 Å². The van der Waals surface area contributed by atoms with Crippen LogP contribution in [0.1, 0.15) is 38.7 Å². The minimum absolute atomic E-state index is 0.127. The number of aliphatic hydroxyl groups is 3. The Morgan fingerprint density at radius 3 is 2.30 bits per heavy atom. The van der Waals surface area contributed by atoms with Crippen molar-refractivity contribution in [2.24, 2.45) is 11.7 Å². The fraction of sp³-hybridized carbons (Fsp3) is 0.609. The van der Waals surface area contributed by atoms with Crippen molar-refractivity contribution in [3.8, 4) is 0 Å². The van der Waals surface area contributed by atoms with Crippen molar-refractivity contribution in [3.63, 3.8) is 0 Å². The number of hydrogen-bond donors (Lipinski definition) is 7. The van der Waals surface area contributed by atoms with E-state index in [1.807, 2.05) is 19.9 Å². The van der Waals surface area contributed by atoms with Gasteiger partial charge in [0.1, 0.15) is 17.7 Å². The molecule has 33 heavy (non-hydrogen) atoms. The van der Waals surface area contributed by atoms with Crippen molar-refractivity contribution >= 4 is 17.7 Å². The molecule has 1 aromatic carbocycles. The van der Waals surface area contributed by atoms with Crippen LogP contribution in [0.15, 0.2) is 30.3 Å². The predicted molar refractivity (Wildman–Crippen MR) is 122 cm³/mol. The van der Waals surface area contributed by atoms with Gasteiger partial charge in [-0.25, -0.2) is 0 Å². The van der Waals surface area contributed by atoms with Crippen molar-refractivity contribution in [2.75, 3.05) is 7.05 Å². The quantitative estimate of drug-likeness (QED) is 0.222. The Hall–Kier alpha value is -2.53. The van der Waals surface area contributed by atoms with E-state index in [1.54, 1.807) is 31.3 Å². The van der Waals surface area contributed by atoms with E-state index in [0.29, 0.717) is 6.42 Å². The van der Waals surface area contributed by atoms with Gasteiger partial charge in [0, 0.05) is 19.3 Å². The molecule has 0 aromatic heterocycles. The molecule has 6 atom stereocenters. The van der Waals surface area contributed by atoms with Crippen LogP contribution in [-0.2, 0) is 20.8 Å². The lowest BCUT2D eigenvalue weighted by molar-refractivity contribution is -0.160. The molecule has 184 valence electrons. The van der Waals surface area contributed by atoms with Crippen LogP contribution in [-0.4, -0.2) is 76.0 Å². The number of nitrogens with two attached hydrogens (primary N) is 1. The maximum atomic E-state index is 13.0. The van der Waals surface area contributed by atoms with E-state index in [2.05, 4.69) is 16.0 Å². The first kappa shape index (κ1) is 26.7. The van der Waals surface area contributed by atoms with Crippen molar-refractivity contribution in [3.05, 3.63) is 35.9 Å². The summed E-state index contributed by atoms with van der Waals surface area (Å²) < 4.78 is 0. The Bertz CT molecular complexity index is 820. The molecule has 0 aliphatic heterocycles. The van der Waals surface area contributed by atoms with Gasteiger partial charge in [0.2, 0.25) is 11.8 Å². The first-order valence-electron chi connectivity index (χ1n) is 11.2. The zero-order chi connectivity index (χ0) is 24.8. The zero-order valence-corrected chi connectivity index (χ0v) is 19.3. The van der Waals surface area contributed by atoms with Gasteiger partial charge in [0.25, 0.3) is 5.91 Å². The highest BCUT2D eigenvalue weighted by Crippen LogP contribution is 2.30. The Morgan fingerprint density at radius 2 is 1.76 bits per heavy atom. The Morgan fingerprint density at radius 1 is 1.12 bits per heavy atom. The molecule has 1 aliphatic carbocycles. The summed E-state index contributed by atoms with van der Waals surface area (Å²) in [6, 6.07) is 6.24. The van der Waals surface area contributed by atoms with Gasteiger partial charge in [-0.05, 0) is 24.9 Å². The lowest BCUT2D eigenvalue weighted by Gasteiger charge is -2.42. The molecule has 1 aromatic rings. The molecule has 1 fully saturated rings. The maximum Gasteiger partial charge on any atom is 0.252 e. The number of aliphatic hydroxyl groups excluding tert-OH is 2. The van der Waals surface area contributed by atoms with E-state index in [9.17, 15) is 29.7 Å². The van der Waals surface area contributed by atoms with Crippen molar-refractivity contribution in [1.29, 1.82) is 0 Å². The molecule has 1 saturated carbocycles. The zero-order valence-electron chi connectivity index (χ0n) is 19.3. The molecule has 0 bridgehead atoms. The van der Waals surface area contributed by atoms with Gasteiger partial charge in [-0.15, -0.1) is 0 Å². The van der Waals surface area contributed by atoms with Crippen LogP contribution in [0.2, 0.25) is 0 Å². The molecule has 8 N–H and O–H groups in total. The molecule has 1 aliphatic rings. The number of hydrogen-bond acceptors (Lipinski definition) is 7. The second-order valence-corrected chi connectivity index (χ2v) is 9.20. The van der Waals surface area contributed by atoms with Gasteiger partial charge in [-0.1, -0.05) is 44.2 Å². The fourth-order valence-corrected chi connectivity index (χ4v) is 4.10. The largest absolute Gasteiger partial charge is 0.390 e. The molecule has 10 heteroatoms. The van der Waals surface area contributed by atoms with Crippen molar-refractivity contribution in [2.45, 2.75) is 75.5 Å². The molecule has 0 radical (unpaired) electrons. The second kappa shape index (κ2) is 11.6. The number of carbonyl (C=O) groups excluding carboxylic acids is 3. The number of primary amides is 1. The summed E-state index contributed by atoms with van der Waals surface area (Å²) in [6.07, 6.45) is -2.95. The predicted octanol–water partition coefficient (Wildman–Crippen LogP) is -1.44. The summed E-state index contributed by atoms with van der Waals surface area (Å²) in [6.45, 7) is 3.93. The average molecular weight is 465 g/mol. The first-order chi connectivity index (χ1) is 15.5. The van der Waals surface area contributed by atoms with Crippen molar-refractivity contribution < 1.29 is 29.7 Å². The normalized spacial score (nSPS) is 26.9. The minimum Gasteiger partial charge on any atom is -0.390 e. The molecular formula is C23H36N4O6. The lowest BCUT2D eigenvalue weighted by Crippen LogP contribution is -2.65. The fourth-order valence-electron chi connectivity index (χ4n) is 4.10. The number of carbonyl (C=O) groups is 3. The number of nitrogens with one attached hydrogen (secondary N) is 3. The highest BCUT2D eigenvalue weighted by molar-refractivity contribution is 5.91. The highest BCUT2D eigenvalue weighted by Gasteiger charge is 2.50. The van der Waals surface area contributed by atoms with E-state index in [4.69, 9.17) is 5.73 Å². The van der Waals surface area contributed by atoms with E-state index in [-0.39, 0.29) is 18.8 Å². The van der Waals surface area contributed by atoms with Crippen LogP contribution in [0.5, 0.6) is 0 Å². The van der Waals surface area contributed by atoms with Crippen LogP contribution in [0.3, 0.4) is 0 Å². The minimum atomic E-state index is -2.12. The summed E-state index contributed by atoms with van der Waals surface area (Å²) in [4.78, 5) is 37.6. The second-order valence-electron chi connectivity index (χ2n) is 9.20. The van der Waals surface area contributed by atoms with Gasteiger partial charge in [0.05, 0.1) is 18.2 Å². The summed E-state index contributed by atoms with van der Waals surface area (Å²) in [5.41, 5.74) is 4.10. The summed E-state index contributed by atoms with van der Waals surface area (Å²) in [7, 11) is 1.64. The number of benzene rings is 1. The summed E-state index contributed by atoms with van der Waals surface area (Å²) in [5.74, 6) is -1.86. The molecule has 0 unspecified atom stereocenters. The Labute approximate surface area is 193 Å². The SMILES string of the molecule is CN[C@@H](CC(C)C)C(=O)N[C@@H]1C[C@@](O)(C(=O)N[C@H](Cc2ccccc2)C(N)=O)C[C@@H](O)[C@@H]1O. The average Bonchev–Trinajstić information content (AvgIpc) is 2.75. The maximum absolute atomic E-state index is 13.0. The molecule has 0 saturated heterocycles. The van der Waals surface area contributed by atoms with Gasteiger partial charge in [-0.3, -0.25) is 14.4 Å². The van der Waals surface area contributed by atoms with Gasteiger partial charge < -0.3 is 37.0 Å². The Balaban J connectivity index is 2.13. The highest BCUT2D eigenvalue weighted by atomic mass is 16.3. The van der Waals surface area contributed by atoms with E-state index in [0.717, 1.165) is 5.56 Å². The molecule has 10 nitrogen and oxygen atoms in total. The van der Waals surface area contributed by atoms with Crippen LogP contribution in [0.4, 0.5) is 0 Å². The third kappa shape index (κ3) is 7.23. The van der Waals surface area contributed by atoms with E-state index < -0.39 is 60.1 Å². The van der Waals surface area contributed by atoms with Crippen LogP contribution >= 0.6 is 0 Å². The van der Waals surface area contributed by atoms with E-state index >= 15 is 0 Å². The third-order valence-electron chi connectivity index (χ3n) is 5.96. The van der Waals surface area contributed by atoms with Gasteiger partial charge >= 0.3 is 0 Å². The molecule has 0 spiro atoms. The van der Waals surface area contributed by atoms with Gasteiger partial charge in [-0.2, -0.15) is 0 Å². The number of amides is 3. The first-order valence-corrected chi connectivity index (χ1v) is 11.2. The smallest absolute Gasteiger partial charge is 0.252 e. The summed E-state index contributed by atoms with van der Waals surface area (Å²) >= 11 is 0. The standard InChI is InChI=1S/C23H36N4O6/c1-13(2)9-16(25-3)21(31)26-17-11-23(33,12-18(28)19(17)29)22(32)27-15(20(24)30)10-14-7-5-4-6-8-14/h4-8,13,15-19,25,28-29,33H,9-12H2,1-3H3,(H2,24,30)(H,26,31)(H,27,32)/t15-,16+,17-,18-,19-,23+/m1/s1. The summed E-state index contributed by atoms with van der Waals surface area (Å²) in [5, 5.41) is 39.8. The Kier molecular flexibility index (Phi) is 9.35. The third-order valence-corrected chi connectivity index (χ3v) is 5.96. The topological polar surface area (TPSA) is 174 Å². The molecule has 3 amide bonds. The van der Waals surface area contributed by atoms with Crippen molar-refractivity contribution in [1.82, 2.24) is 16.0 Å². The van der Waals surface area contributed by atoms with Crippen LogP contribution in [0, 0.1) is 5.92 Å². The van der Waals surface area contributed by atoms with Crippen LogP contribution < -0.4 is 21.7 Å². The molecule has 2 rings (SSSR count). The monoisotopic (exact) mass is 464 g/mol. The van der Waals surface area contributed by atoms with Gasteiger partial charge in [0.15, 0.2) is 0 Å². The molecular weight excluding hydrogens is 428 g/mol. The van der Waals surface area contributed by atoms with E-state index in [1.165, 1.54) is 0 Å².